The van der Waals surface area contributed by atoms with Crippen LogP contribution in [0.25, 0.3) is 0 Å². The lowest BCUT2D eigenvalue weighted by molar-refractivity contribution is -0.138. The Morgan fingerprint density at radius 2 is 2.00 bits per heavy atom. The molecule has 1 heterocycles. The molecule has 1 aliphatic heterocycles. The zero-order chi connectivity index (χ0) is 11.6. The van der Waals surface area contributed by atoms with E-state index in [0.29, 0.717) is 12.1 Å². The molecule has 4 unspecified atom stereocenters. The van der Waals surface area contributed by atoms with Crippen molar-refractivity contribution in [3.63, 3.8) is 0 Å². The average molecular weight is 249 g/mol. The highest BCUT2D eigenvalue weighted by Crippen LogP contribution is 2.27. The van der Waals surface area contributed by atoms with Crippen LogP contribution in [0.15, 0.2) is 0 Å². The summed E-state index contributed by atoms with van der Waals surface area (Å²) in [5.41, 5.74) is 5.79. The van der Waals surface area contributed by atoms with Gasteiger partial charge in [-0.1, -0.05) is 13.8 Å². The second kappa shape index (κ2) is 6.45. The zero-order valence-electron chi connectivity index (χ0n) is 10.8. The summed E-state index contributed by atoms with van der Waals surface area (Å²) in [6.45, 7) is 8.13. The Kier molecular flexibility index (Phi) is 6.34. The van der Waals surface area contributed by atoms with Crippen molar-refractivity contribution in [3.8, 4) is 0 Å². The molecule has 0 radical (unpaired) electrons. The Balaban J connectivity index is 0.00000225. The van der Waals surface area contributed by atoms with Gasteiger partial charge in [0.2, 0.25) is 5.91 Å². The Morgan fingerprint density at radius 1 is 1.44 bits per heavy atom. The molecule has 1 aliphatic rings. The molecule has 0 aromatic carbocycles. The number of halogens is 1. The average Bonchev–Trinajstić information content (AvgIpc) is 2.57. The van der Waals surface area contributed by atoms with Crippen molar-refractivity contribution < 1.29 is 4.79 Å². The van der Waals surface area contributed by atoms with Crippen LogP contribution in [0, 0.1) is 5.92 Å². The highest BCUT2D eigenvalue weighted by molar-refractivity contribution is 5.85. The lowest BCUT2D eigenvalue weighted by Gasteiger charge is -2.31. The Morgan fingerprint density at radius 3 is 2.44 bits per heavy atom. The van der Waals surface area contributed by atoms with Crippen molar-refractivity contribution in [1.82, 2.24) is 4.90 Å². The van der Waals surface area contributed by atoms with Gasteiger partial charge in [-0.3, -0.25) is 4.79 Å². The quantitative estimate of drug-likeness (QED) is 0.832. The van der Waals surface area contributed by atoms with Crippen molar-refractivity contribution >= 4 is 18.3 Å². The highest BCUT2D eigenvalue weighted by atomic mass is 35.5. The van der Waals surface area contributed by atoms with Crippen molar-refractivity contribution in [2.75, 3.05) is 0 Å². The Hall–Kier alpha value is -0.280. The molecule has 4 atom stereocenters. The number of nitrogens with two attached hydrogens (primary N) is 1. The van der Waals surface area contributed by atoms with Crippen molar-refractivity contribution in [1.29, 1.82) is 0 Å². The van der Waals surface area contributed by atoms with E-state index in [4.69, 9.17) is 5.73 Å². The van der Waals surface area contributed by atoms with Crippen molar-refractivity contribution in [3.05, 3.63) is 0 Å². The Bertz CT molecular complexity index is 233. The molecule has 0 aromatic rings. The maximum Gasteiger partial charge on any atom is 0.227 e. The summed E-state index contributed by atoms with van der Waals surface area (Å²) in [4.78, 5) is 14.3. The van der Waals surface area contributed by atoms with Crippen LogP contribution in [-0.4, -0.2) is 28.9 Å². The van der Waals surface area contributed by atoms with Crippen LogP contribution in [0.3, 0.4) is 0 Å². The van der Waals surface area contributed by atoms with E-state index in [1.165, 1.54) is 0 Å². The lowest BCUT2D eigenvalue weighted by atomic mass is 10.0. The predicted octanol–water partition coefficient (Wildman–Crippen LogP) is 2.18. The van der Waals surface area contributed by atoms with Crippen LogP contribution in [0.4, 0.5) is 0 Å². The summed E-state index contributed by atoms with van der Waals surface area (Å²) < 4.78 is 0. The van der Waals surface area contributed by atoms with Crippen LogP contribution in [0.1, 0.15) is 47.0 Å². The van der Waals surface area contributed by atoms with Gasteiger partial charge in [0.15, 0.2) is 0 Å². The molecule has 1 amide bonds. The van der Waals surface area contributed by atoms with Gasteiger partial charge in [0.1, 0.15) is 0 Å². The van der Waals surface area contributed by atoms with Crippen LogP contribution in [0.5, 0.6) is 0 Å². The fourth-order valence-corrected chi connectivity index (χ4v) is 2.33. The first-order chi connectivity index (χ1) is 6.99. The first kappa shape index (κ1) is 15.7. The van der Waals surface area contributed by atoms with E-state index in [1.807, 2.05) is 13.8 Å². The maximum absolute atomic E-state index is 12.2. The number of carbonyl (C=O) groups is 1. The molecular weight excluding hydrogens is 224 g/mol. The maximum atomic E-state index is 12.2. The minimum atomic E-state index is -0.0559. The van der Waals surface area contributed by atoms with Gasteiger partial charge in [-0.25, -0.2) is 0 Å². The molecule has 0 spiro atoms. The third-order valence-electron chi connectivity index (χ3n) is 3.69. The molecular formula is C12H25ClN2O. The van der Waals surface area contributed by atoms with Gasteiger partial charge in [0, 0.05) is 18.1 Å². The largest absolute Gasteiger partial charge is 0.337 e. The minimum Gasteiger partial charge on any atom is -0.337 e. The number of nitrogens with zero attached hydrogens (tertiary/aromatic N) is 1. The summed E-state index contributed by atoms with van der Waals surface area (Å²) in [6, 6.07) is 0.778. The molecule has 1 saturated heterocycles. The monoisotopic (exact) mass is 248 g/mol. The zero-order valence-corrected chi connectivity index (χ0v) is 11.6. The van der Waals surface area contributed by atoms with Crippen LogP contribution in [-0.2, 0) is 4.79 Å². The molecule has 1 fully saturated rings. The molecule has 2 N–H and O–H groups in total. The molecule has 3 nitrogen and oxygen atoms in total. The molecule has 0 aromatic heterocycles. The van der Waals surface area contributed by atoms with E-state index in [1.54, 1.807) is 0 Å². The van der Waals surface area contributed by atoms with Crippen LogP contribution < -0.4 is 5.73 Å². The number of hydrogen-bond acceptors (Lipinski definition) is 2. The summed E-state index contributed by atoms with van der Waals surface area (Å²) >= 11 is 0. The number of hydrogen-bond donors (Lipinski definition) is 1. The van der Waals surface area contributed by atoms with Gasteiger partial charge in [0.25, 0.3) is 0 Å². The highest BCUT2D eigenvalue weighted by Gasteiger charge is 2.35. The van der Waals surface area contributed by atoms with Gasteiger partial charge in [0.05, 0.1) is 5.92 Å². The van der Waals surface area contributed by atoms with Crippen LogP contribution in [0.2, 0.25) is 0 Å². The third kappa shape index (κ3) is 3.11. The predicted molar refractivity (Wildman–Crippen MR) is 69.7 cm³/mol. The fraction of sp³-hybridized carbons (Fsp3) is 0.917. The van der Waals surface area contributed by atoms with Gasteiger partial charge < -0.3 is 10.6 Å². The minimum absolute atomic E-state index is 0. The van der Waals surface area contributed by atoms with Gasteiger partial charge in [-0.05, 0) is 33.1 Å². The smallest absolute Gasteiger partial charge is 0.227 e. The molecule has 1 rings (SSSR count). The standard InChI is InChI=1S/C12H24N2O.ClH/c1-5-11-7-6-8(2)14(11)12(15)9(3)10(4)13;/h8-11H,5-7,13H2,1-4H3;1H. The van der Waals surface area contributed by atoms with E-state index in [0.717, 1.165) is 19.3 Å². The van der Waals surface area contributed by atoms with Crippen LogP contribution >= 0.6 is 12.4 Å². The summed E-state index contributed by atoms with van der Waals surface area (Å²) in [6.07, 6.45) is 3.34. The SMILES string of the molecule is CCC1CCC(C)N1C(=O)C(C)C(C)N.Cl. The molecule has 96 valence electrons. The summed E-state index contributed by atoms with van der Waals surface area (Å²) in [5, 5.41) is 0. The molecule has 4 heteroatoms. The van der Waals surface area contributed by atoms with E-state index >= 15 is 0 Å². The fourth-order valence-electron chi connectivity index (χ4n) is 2.33. The van der Waals surface area contributed by atoms with Crippen molar-refractivity contribution in [2.45, 2.75) is 65.1 Å². The van der Waals surface area contributed by atoms with Gasteiger partial charge >= 0.3 is 0 Å². The van der Waals surface area contributed by atoms with Gasteiger partial charge in [-0.2, -0.15) is 0 Å². The van der Waals surface area contributed by atoms with Gasteiger partial charge in [-0.15, -0.1) is 12.4 Å². The summed E-state index contributed by atoms with van der Waals surface area (Å²) in [7, 11) is 0. The molecule has 0 aliphatic carbocycles. The second-order valence-corrected chi connectivity index (χ2v) is 4.88. The first-order valence-corrected chi connectivity index (χ1v) is 6.06. The summed E-state index contributed by atoms with van der Waals surface area (Å²) in [5.74, 6) is 0.182. The van der Waals surface area contributed by atoms with E-state index in [9.17, 15) is 4.79 Å². The first-order valence-electron chi connectivity index (χ1n) is 6.06. The molecule has 0 saturated carbocycles. The number of rotatable bonds is 3. The molecule has 16 heavy (non-hydrogen) atoms. The Labute approximate surface area is 105 Å². The third-order valence-corrected chi connectivity index (χ3v) is 3.69. The van der Waals surface area contributed by atoms with E-state index in [2.05, 4.69) is 18.7 Å². The van der Waals surface area contributed by atoms with E-state index < -0.39 is 0 Å². The number of carbonyl (C=O) groups excluding carboxylic acids is 1. The number of likely N-dealkylation sites (tertiary alicyclic amines) is 1. The normalized spacial score (nSPS) is 28.4. The van der Waals surface area contributed by atoms with E-state index in [-0.39, 0.29) is 30.3 Å². The second-order valence-electron chi connectivity index (χ2n) is 4.88. The topological polar surface area (TPSA) is 46.3 Å². The lowest BCUT2D eigenvalue weighted by Crippen LogP contribution is -2.46. The van der Waals surface area contributed by atoms with Crippen molar-refractivity contribution in [2.24, 2.45) is 11.7 Å². The number of amides is 1. The molecule has 0 bridgehead atoms.